The fourth-order valence-corrected chi connectivity index (χ4v) is 4.46. The van der Waals surface area contributed by atoms with Gasteiger partial charge in [0.25, 0.3) is 0 Å². The third-order valence-corrected chi connectivity index (χ3v) is 6.38. The highest BCUT2D eigenvalue weighted by Gasteiger charge is 2.55. The molecule has 3 aliphatic rings. The van der Waals surface area contributed by atoms with Gasteiger partial charge in [0.15, 0.2) is 0 Å². The van der Waals surface area contributed by atoms with Gasteiger partial charge in [0.05, 0.1) is 37.1 Å². The average molecular weight is 429 g/mol. The van der Waals surface area contributed by atoms with Crippen LogP contribution in [0.5, 0.6) is 11.5 Å². The minimum atomic E-state index is -3.11. The molecule has 6 N–H and O–H groups in total. The summed E-state index contributed by atoms with van der Waals surface area (Å²) >= 11 is 0. The first kappa shape index (κ1) is 19.9. The molecule has 0 spiro atoms. The Kier molecular flexibility index (Phi) is 4.13. The molecule has 1 amide bonds. The molecule has 1 aromatic carbocycles. The minimum absolute atomic E-state index is 0.0538. The van der Waals surface area contributed by atoms with Crippen molar-refractivity contribution in [2.45, 2.75) is 36.7 Å². The van der Waals surface area contributed by atoms with Gasteiger partial charge in [0.1, 0.15) is 23.0 Å². The molecule has 1 aliphatic carbocycles. The highest BCUT2D eigenvalue weighted by atomic mass is 16.6. The predicted molar refractivity (Wildman–Crippen MR) is 106 cm³/mol. The van der Waals surface area contributed by atoms with Gasteiger partial charge in [-0.25, -0.2) is 9.78 Å². The number of imidazole rings is 1. The number of aromatic carboxylic acids is 1. The number of hydrogen-bond acceptors (Lipinski definition) is 8. The largest absolute Gasteiger partial charge is 0.669 e. The average Bonchev–Trinajstić information content (AvgIpc) is 3.29. The van der Waals surface area contributed by atoms with E-state index in [1.54, 1.807) is 19.1 Å². The van der Waals surface area contributed by atoms with E-state index in [0.717, 1.165) is 0 Å². The van der Waals surface area contributed by atoms with Gasteiger partial charge in [-0.15, -0.1) is 0 Å². The number of aromatic amines is 1. The van der Waals surface area contributed by atoms with Gasteiger partial charge in [0, 0.05) is 0 Å². The monoisotopic (exact) mass is 429 g/mol. The summed E-state index contributed by atoms with van der Waals surface area (Å²) in [6.07, 6.45) is 3.03. The maximum Gasteiger partial charge on any atom is 0.434 e. The van der Waals surface area contributed by atoms with E-state index < -0.39 is 30.2 Å². The fraction of sp³-hybridized carbons (Fsp3) is 0.421. The number of carboxylic acids is 1. The molecule has 3 heterocycles. The Bertz CT molecular complexity index is 1070. The molecule has 1 aromatic heterocycles. The summed E-state index contributed by atoms with van der Waals surface area (Å²) in [5, 5.41) is 30.0. The van der Waals surface area contributed by atoms with Crippen LogP contribution in [0.4, 0.5) is 0 Å². The van der Waals surface area contributed by atoms with Crippen molar-refractivity contribution in [3.8, 4) is 11.5 Å². The molecule has 3 atom stereocenters. The lowest BCUT2D eigenvalue weighted by atomic mass is 9.68. The van der Waals surface area contributed by atoms with Crippen LogP contribution in [0, 0.1) is 0 Å². The second-order valence-electron chi connectivity index (χ2n) is 8.66. The summed E-state index contributed by atoms with van der Waals surface area (Å²) in [4.78, 5) is 32.9. The zero-order valence-electron chi connectivity index (χ0n) is 16.7. The van der Waals surface area contributed by atoms with Gasteiger partial charge in [-0.3, -0.25) is 4.79 Å². The molecule has 11 nitrogen and oxygen atoms in total. The fourth-order valence-electron chi connectivity index (χ4n) is 4.46. The third-order valence-electron chi connectivity index (χ3n) is 6.38. The molecule has 1 saturated carbocycles. The van der Waals surface area contributed by atoms with Gasteiger partial charge in [-0.2, -0.15) is 0 Å². The molecule has 0 bridgehead atoms. The van der Waals surface area contributed by atoms with Crippen molar-refractivity contribution in [1.82, 2.24) is 14.9 Å². The van der Waals surface area contributed by atoms with Gasteiger partial charge in [0.2, 0.25) is 5.91 Å². The summed E-state index contributed by atoms with van der Waals surface area (Å²) in [6.45, 7) is -1.06. The number of carbonyl (C=O) groups excluding carboxylic acids is 1. The zero-order chi connectivity index (χ0) is 22.1. The molecule has 0 radical (unpaired) electrons. The van der Waals surface area contributed by atoms with Crippen LogP contribution < -0.4 is 15.1 Å². The number of nitrogens with zero attached hydrogens (tertiary/aromatic N) is 2. The van der Waals surface area contributed by atoms with Crippen molar-refractivity contribution in [2.24, 2.45) is 5.73 Å². The molecule has 1 saturated heterocycles. The summed E-state index contributed by atoms with van der Waals surface area (Å²) in [5.74, 6) is -2.15. The molecule has 164 valence electrons. The van der Waals surface area contributed by atoms with E-state index in [2.05, 4.69) is 9.97 Å². The SMILES string of the molecule is C[C@@](N)(C(=O)N1CC(Oc2ccc3c(c2C(=O)O)O[B-](O)(O)[C@H]2C[C@@H]32)C1)c1cnc[nH]1. The Morgan fingerprint density at radius 2 is 2.13 bits per heavy atom. The number of hydrogen-bond donors (Lipinski definition) is 5. The van der Waals surface area contributed by atoms with E-state index in [-0.39, 0.29) is 42.0 Å². The van der Waals surface area contributed by atoms with Gasteiger partial charge >= 0.3 is 12.7 Å². The summed E-state index contributed by atoms with van der Waals surface area (Å²) < 4.78 is 11.1. The predicted octanol–water partition coefficient (Wildman–Crippen LogP) is -0.255. The molecule has 12 heteroatoms. The second-order valence-corrected chi connectivity index (χ2v) is 8.66. The number of amides is 1. The number of rotatable bonds is 5. The number of benzene rings is 1. The van der Waals surface area contributed by atoms with Crippen molar-refractivity contribution in [1.29, 1.82) is 0 Å². The maximum atomic E-state index is 12.8. The number of fused-ring (bicyclic) bond motifs is 3. The number of carboxylic acid groups (broad SMARTS) is 1. The van der Waals surface area contributed by atoms with E-state index in [1.165, 1.54) is 17.4 Å². The highest BCUT2D eigenvalue weighted by Crippen LogP contribution is 2.63. The van der Waals surface area contributed by atoms with Crippen molar-refractivity contribution in [3.05, 3.63) is 41.5 Å². The first-order valence-corrected chi connectivity index (χ1v) is 10.0. The maximum absolute atomic E-state index is 12.8. The summed E-state index contributed by atoms with van der Waals surface area (Å²) in [5.41, 5.74) is 5.77. The van der Waals surface area contributed by atoms with E-state index in [9.17, 15) is 24.7 Å². The Hall–Kier alpha value is -3.09. The molecule has 2 aromatic rings. The molecular formula is C19H22BN4O7-. The Morgan fingerprint density at radius 1 is 1.39 bits per heavy atom. The number of nitrogens with one attached hydrogen (secondary N) is 1. The molecule has 2 aliphatic heterocycles. The molecule has 31 heavy (non-hydrogen) atoms. The van der Waals surface area contributed by atoms with Crippen LogP contribution >= 0.6 is 0 Å². The van der Waals surface area contributed by atoms with Gasteiger partial charge < -0.3 is 40.2 Å². The molecule has 0 unspecified atom stereocenters. The van der Waals surface area contributed by atoms with Crippen molar-refractivity contribution < 1.29 is 34.1 Å². The van der Waals surface area contributed by atoms with Gasteiger partial charge in [-0.1, -0.05) is 18.3 Å². The Balaban J connectivity index is 1.32. The van der Waals surface area contributed by atoms with Crippen LogP contribution in [0.2, 0.25) is 5.82 Å². The standard InChI is InChI=1S/C19H22BN4O7/c1-19(21,14-5-22-8-23-14)18(27)24-6-9(7-24)30-13-3-2-10-11-4-12(11)20(28,29)31-16(10)15(13)17(25)26/h2-3,5,8-9,11-12,28-29H,4,6-7,21H2,1H3,(H,22,23)(H,25,26)/q-1/t11-,12-,19-/m0/s1. The zero-order valence-corrected chi connectivity index (χ0v) is 16.7. The smallest absolute Gasteiger partial charge is 0.434 e. The number of nitrogens with two attached hydrogens (primary N) is 1. The van der Waals surface area contributed by atoms with E-state index in [0.29, 0.717) is 17.7 Å². The van der Waals surface area contributed by atoms with Crippen LogP contribution in [0.15, 0.2) is 24.7 Å². The lowest BCUT2D eigenvalue weighted by molar-refractivity contribution is -0.145. The summed E-state index contributed by atoms with van der Waals surface area (Å²) in [7, 11) is 0. The Labute approximate surface area is 176 Å². The quantitative estimate of drug-likeness (QED) is 0.402. The van der Waals surface area contributed by atoms with Crippen LogP contribution in [0.3, 0.4) is 0 Å². The van der Waals surface area contributed by atoms with Crippen LogP contribution in [-0.2, 0) is 10.3 Å². The summed E-state index contributed by atoms with van der Waals surface area (Å²) in [6, 6.07) is 3.25. The lowest BCUT2D eigenvalue weighted by Gasteiger charge is -2.42. The number of aromatic nitrogens is 2. The molecule has 2 fully saturated rings. The number of H-pyrrole nitrogens is 1. The molecule has 5 rings (SSSR count). The highest BCUT2D eigenvalue weighted by molar-refractivity contribution is 6.62. The van der Waals surface area contributed by atoms with Crippen molar-refractivity contribution >= 4 is 18.6 Å². The number of carbonyl (C=O) groups is 2. The number of ether oxygens (including phenoxy) is 1. The third kappa shape index (κ3) is 3.06. The van der Waals surface area contributed by atoms with E-state index in [4.69, 9.17) is 15.1 Å². The number of likely N-dealkylation sites (tertiary alicyclic amines) is 1. The minimum Gasteiger partial charge on any atom is -0.669 e. The normalized spacial score (nSPS) is 25.4. The molecular weight excluding hydrogens is 407 g/mol. The lowest BCUT2D eigenvalue weighted by Crippen LogP contribution is -2.62. The first-order chi connectivity index (χ1) is 14.6. The van der Waals surface area contributed by atoms with Crippen LogP contribution in [0.1, 0.15) is 40.9 Å². The second kappa shape index (κ2) is 6.46. The van der Waals surface area contributed by atoms with Gasteiger partial charge in [-0.05, 0) is 24.5 Å². The van der Waals surface area contributed by atoms with Crippen molar-refractivity contribution in [2.75, 3.05) is 13.1 Å². The topological polar surface area (TPSA) is 171 Å². The van der Waals surface area contributed by atoms with Crippen molar-refractivity contribution in [3.63, 3.8) is 0 Å². The van der Waals surface area contributed by atoms with E-state index in [1.807, 2.05) is 0 Å². The van der Waals surface area contributed by atoms with Crippen LogP contribution in [0.25, 0.3) is 0 Å². The first-order valence-electron chi connectivity index (χ1n) is 10.0. The van der Waals surface area contributed by atoms with Crippen LogP contribution in [-0.4, -0.2) is 67.8 Å². The van der Waals surface area contributed by atoms with E-state index >= 15 is 0 Å². The Morgan fingerprint density at radius 3 is 2.77 bits per heavy atom.